The third-order valence-electron chi connectivity index (χ3n) is 6.02. The first-order chi connectivity index (χ1) is 14.9. The molecule has 1 aliphatic carbocycles. The second kappa shape index (κ2) is 8.87. The van der Waals surface area contributed by atoms with Gasteiger partial charge in [-0.05, 0) is 65.4 Å². The average molecular weight is 484 g/mol. The molecule has 0 bridgehead atoms. The number of methoxy groups -OCH3 is 1. The molecule has 2 aliphatic rings. The van der Waals surface area contributed by atoms with Crippen LogP contribution < -0.4 is 14.8 Å². The summed E-state index contributed by atoms with van der Waals surface area (Å²) in [5, 5.41) is 2.99. The number of ether oxygens (including phenoxy) is 2. The highest BCUT2D eigenvalue weighted by Gasteiger charge is 2.38. The maximum atomic E-state index is 13.3. The zero-order valence-electron chi connectivity index (χ0n) is 18.0. The second-order valence-corrected chi connectivity index (χ2v) is 8.96. The van der Waals surface area contributed by atoms with Gasteiger partial charge in [-0.25, -0.2) is 0 Å². The normalized spacial score (nSPS) is 20.9. The van der Waals surface area contributed by atoms with Crippen LogP contribution in [0.5, 0.6) is 11.5 Å². The van der Waals surface area contributed by atoms with Crippen molar-refractivity contribution in [2.45, 2.75) is 44.9 Å². The van der Waals surface area contributed by atoms with E-state index < -0.39 is 0 Å². The fourth-order valence-corrected chi connectivity index (χ4v) is 5.19. The van der Waals surface area contributed by atoms with Crippen LogP contribution in [0, 0.1) is 6.92 Å². The molecule has 1 heterocycles. The minimum absolute atomic E-state index is 0.0639. The van der Waals surface area contributed by atoms with Crippen molar-refractivity contribution in [2.24, 2.45) is 0 Å². The van der Waals surface area contributed by atoms with Crippen LogP contribution in [-0.4, -0.2) is 25.4 Å². The number of nitrogens with one attached hydrogen (secondary N) is 1. The number of allylic oxidation sites excluding steroid dienone is 2. The molecular formula is C25H26BrNO4. The lowest BCUT2D eigenvalue weighted by Crippen LogP contribution is -2.38. The molecule has 2 aromatic carbocycles. The molecule has 162 valence electrons. The first-order valence-electron chi connectivity index (χ1n) is 10.5. The monoisotopic (exact) mass is 483 g/mol. The van der Waals surface area contributed by atoms with Gasteiger partial charge in [0.2, 0.25) is 5.91 Å². The maximum Gasteiger partial charge on any atom is 0.225 e. The molecule has 1 aliphatic heterocycles. The Hall–Kier alpha value is -2.60. The van der Waals surface area contributed by atoms with Gasteiger partial charge in [-0.15, -0.1) is 0 Å². The van der Waals surface area contributed by atoms with E-state index in [1.807, 2.05) is 26.0 Å². The molecule has 1 amide bonds. The number of carbonyl (C=O) groups excluding carboxylic acids is 2. The number of amides is 1. The van der Waals surface area contributed by atoms with Crippen LogP contribution in [0.15, 0.2) is 52.1 Å². The molecular weight excluding hydrogens is 458 g/mol. The van der Waals surface area contributed by atoms with Crippen LogP contribution in [-0.2, 0) is 9.59 Å². The van der Waals surface area contributed by atoms with Crippen molar-refractivity contribution in [3.05, 3.63) is 68.8 Å². The number of hydrogen-bond acceptors (Lipinski definition) is 4. The smallest absolute Gasteiger partial charge is 0.225 e. The first kappa shape index (κ1) is 21.6. The molecule has 0 saturated heterocycles. The summed E-state index contributed by atoms with van der Waals surface area (Å²) < 4.78 is 12.0. The minimum Gasteiger partial charge on any atom is -0.492 e. The number of halogens is 1. The number of aryl methyl sites for hydroxylation is 1. The van der Waals surface area contributed by atoms with E-state index in [4.69, 9.17) is 9.47 Å². The summed E-state index contributed by atoms with van der Waals surface area (Å²) in [4.78, 5) is 25.9. The van der Waals surface area contributed by atoms with Gasteiger partial charge in [0.25, 0.3) is 0 Å². The first-order valence-corrected chi connectivity index (χ1v) is 11.3. The van der Waals surface area contributed by atoms with Gasteiger partial charge in [-0.1, -0.05) is 29.8 Å². The summed E-state index contributed by atoms with van der Waals surface area (Å²) in [5.41, 5.74) is 4.68. The van der Waals surface area contributed by atoms with Gasteiger partial charge in [-0.2, -0.15) is 0 Å². The van der Waals surface area contributed by atoms with Crippen molar-refractivity contribution in [3.63, 3.8) is 0 Å². The van der Waals surface area contributed by atoms with Gasteiger partial charge >= 0.3 is 0 Å². The van der Waals surface area contributed by atoms with Crippen LogP contribution in [0.1, 0.15) is 54.7 Å². The van der Waals surface area contributed by atoms with E-state index in [9.17, 15) is 9.59 Å². The lowest BCUT2D eigenvalue weighted by molar-refractivity contribution is -0.122. The molecule has 0 fully saturated rings. The Morgan fingerprint density at radius 2 is 1.81 bits per heavy atom. The van der Waals surface area contributed by atoms with E-state index >= 15 is 0 Å². The molecule has 5 nitrogen and oxygen atoms in total. The Bertz CT molecular complexity index is 1060. The number of benzene rings is 2. The molecule has 2 aromatic rings. The lowest BCUT2D eigenvalue weighted by Gasteiger charge is -2.34. The quantitative estimate of drug-likeness (QED) is 0.636. The molecule has 2 unspecified atom stereocenters. The van der Waals surface area contributed by atoms with Crippen molar-refractivity contribution in [1.29, 1.82) is 0 Å². The van der Waals surface area contributed by atoms with Gasteiger partial charge in [0.1, 0.15) is 0 Å². The Labute approximate surface area is 190 Å². The van der Waals surface area contributed by atoms with E-state index in [1.165, 1.54) is 5.56 Å². The Morgan fingerprint density at radius 1 is 1.06 bits per heavy atom. The molecule has 31 heavy (non-hydrogen) atoms. The fourth-order valence-electron chi connectivity index (χ4n) is 4.57. The Balaban J connectivity index is 1.73. The van der Waals surface area contributed by atoms with Crippen molar-refractivity contribution < 1.29 is 19.1 Å². The Morgan fingerprint density at radius 3 is 2.48 bits per heavy atom. The molecule has 0 saturated carbocycles. The van der Waals surface area contributed by atoms with Crippen LogP contribution in [0.25, 0.3) is 0 Å². The molecule has 0 spiro atoms. The topological polar surface area (TPSA) is 64.6 Å². The molecule has 0 aromatic heterocycles. The highest BCUT2D eigenvalue weighted by atomic mass is 79.9. The van der Waals surface area contributed by atoms with Crippen LogP contribution >= 0.6 is 15.9 Å². The summed E-state index contributed by atoms with van der Waals surface area (Å²) in [7, 11) is 1.59. The van der Waals surface area contributed by atoms with Crippen molar-refractivity contribution in [2.75, 3.05) is 13.7 Å². The molecule has 0 radical (unpaired) electrons. The third-order valence-corrected chi connectivity index (χ3v) is 6.61. The molecule has 1 N–H and O–H groups in total. The van der Waals surface area contributed by atoms with E-state index in [-0.39, 0.29) is 29.9 Å². The van der Waals surface area contributed by atoms with Crippen LogP contribution in [0.2, 0.25) is 0 Å². The van der Waals surface area contributed by atoms with Crippen molar-refractivity contribution >= 4 is 27.6 Å². The zero-order valence-corrected chi connectivity index (χ0v) is 19.5. The fraction of sp³-hybridized carbons (Fsp3) is 0.360. The Kier molecular flexibility index (Phi) is 6.19. The molecule has 4 rings (SSSR count). The van der Waals surface area contributed by atoms with Crippen molar-refractivity contribution in [1.82, 2.24) is 5.32 Å². The summed E-state index contributed by atoms with van der Waals surface area (Å²) >= 11 is 3.55. The number of ketones is 1. The molecule has 6 heteroatoms. The lowest BCUT2D eigenvalue weighted by atomic mass is 9.73. The summed E-state index contributed by atoms with van der Waals surface area (Å²) in [6, 6.07) is 12.1. The number of carbonyl (C=O) groups is 2. The number of hydrogen-bond donors (Lipinski definition) is 1. The van der Waals surface area contributed by atoms with E-state index in [2.05, 4.69) is 45.5 Å². The highest BCUT2D eigenvalue weighted by molar-refractivity contribution is 9.10. The van der Waals surface area contributed by atoms with Gasteiger partial charge in [0, 0.05) is 30.0 Å². The van der Waals surface area contributed by atoms with E-state index in [1.54, 1.807) is 7.11 Å². The number of rotatable bonds is 5. The molecule has 2 atom stereocenters. The summed E-state index contributed by atoms with van der Waals surface area (Å²) in [6.07, 6.45) is 1.34. The largest absolute Gasteiger partial charge is 0.492 e. The summed E-state index contributed by atoms with van der Waals surface area (Å²) in [5.74, 6) is 1.02. The number of Topliss-reactive ketones (excluding diaryl/α,β-unsaturated/α-hetero) is 1. The van der Waals surface area contributed by atoms with E-state index in [0.717, 1.165) is 26.9 Å². The SMILES string of the molecule is CCOc1cc(C2CC(=O)NC3=C2C(=O)CC(c2ccc(C)cc2)C3)cc(Br)c1OC. The second-order valence-electron chi connectivity index (χ2n) is 8.10. The predicted octanol–water partition coefficient (Wildman–Crippen LogP) is 5.17. The average Bonchev–Trinajstić information content (AvgIpc) is 2.73. The zero-order chi connectivity index (χ0) is 22.1. The van der Waals surface area contributed by atoms with E-state index in [0.29, 0.717) is 30.9 Å². The highest BCUT2D eigenvalue weighted by Crippen LogP contribution is 2.45. The van der Waals surface area contributed by atoms with Crippen LogP contribution in [0.4, 0.5) is 0 Å². The van der Waals surface area contributed by atoms with Gasteiger partial charge in [0.05, 0.1) is 18.2 Å². The summed E-state index contributed by atoms with van der Waals surface area (Å²) in [6.45, 7) is 4.44. The van der Waals surface area contributed by atoms with Gasteiger partial charge < -0.3 is 14.8 Å². The standard InChI is InChI=1S/C25H26BrNO4/c1-4-31-22-12-17(9-19(26)25(22)30-3)18-13-23(29)27-20-10-16(11-21(28)24(18)20)15-7-5-14(2)6-8-15/h5-9,12,16,18H,4,10-11,13H2,1-3H3,(H,27,29). The third kappa shape index (κ3) is 4.26. The van der Waals surface area contributed by atoms with Gasteiger partial charge in [0.15, 0.2) is 17.3 Å². The maximum absolute atomic E-state index is 13.3. The minimum atomic E-state index is -0.295. The van der Waals surface area contributed by atoms with Gasteiger partial charge in [-0.3, -0.25) is 9.59 Å². The van der Waals surface area contributed by atoms with Crippen LogP contribution in [0.3, 0.4) is 0 Å². The predicted molar refractivity (Wildman–Crippen MR) is 123 cm³/mol. The van der Waals surface area contributed by atoms with Crippen molar-refractivity contribution in [3.8, 4) is 11.5 Å².